The fraction of sp³-hybridized carbons (Fsp3) is 0.0909. The molecule has 0 heterocycles. The van der Waals surface area contributed by atoms with Crippen LogP contribution in [0.4, 0.5) is 0 Å². The molecule has 0 aliphatic carbocycles. The molecule has 0 aromatic heterocycles. The number of hydrazine groups is 1. The molecule has 4 N–H and O–H groups in total. The summed E-state index contributed by atoms with van der Waals surface area (Å²) in [6, 6.07) is 17.1. The summed E-state index contributed by atoms with van der Waals surface area (Å²) in [5, 5.41) is 5.65. The summed E-state index contributed by atoms with van der Waals surface area (Å²) in [5.41, 5.74) is 5.28. The van der Waals surface area contributed by atoms with Crippen LogP contribution < -0.4 is 25.5 Å². The number of hydrogen-bond donors (Lipinski definition) is 3. The first-order valence-corrected chi connectivity index (χ1v) is 11.4. The summed E-state index contributed by atoms with van der Waals surface area (Å²) in [7, 11) is -2.73. The Kier molecular flexibility index (Phi) is 7.54. The third-order valence-electron chi connectivity index (χ3n) is 4.51. The number of rotatable bonds is 7. The van der Waals surface area contributed by atoms with Gasteiger partial charge in [-0.05, 0) is 36.4 Å². The molecule has 2 amide bonds. The summed E-state index contributed by atoms with van der Waals surface area (Å²) in [6.45, 7) is 0.133. The van der Waals surface area contributed by atoms with Crippen LogP contribution >= 0.6 is 11.6 Å². The molecule has 0 unspecified atom stereocenters. The van der Waals surface area contributed by atoms with Crippen LogP contribution in [0.1, 0.15) is 26.3 Å². The van der Waals surface area contributed by atoms with Gasteiger partial charge in [-0.1, -0.05) is 41.9 Å². The highest BCUT2D eigenvalue weighted by Crippen LogP contribution is 2.23. The maximum atomic E-state index is 12.7. The van der Waals surface area contributed by atoms with E-state index in [1.807, 2.05) is 6.07 Å². The lowest BCUT2D eigenvalue weighted by atomic mass is 10.2. The molecular formula is C22H20ClN3O6S. The van der Waals surface area contributed by atoms with E-state index in [2.05, 4.69) is 10.9 Å². The smallest absolute Gasteiger partial charge is 0.273 e. The highest BCUT2D eigenvalue weighted by atomic mass is 35.5. The van der Waals surface area contributed by atoms with Crippen molar-refractivity contribution in [2.75, 3.05) is 7.11 Å². The van der Waals surface area contributed by atoms with Crippen LogP contribution in [0.25, 0.3) is 0 Å². The number of nitrogens with one attached hydrogen (secondary N) is 2. The van der Waals surface area contributed by atoms with E-state index in [4.69, 9.17) is 26.2 Å². The maximum absolute atomic E-state index is 12.7. The van der Waals surface area contributed by atoms with Gasteiger partial charge >= 0.3 is 0 Å². The van der Waals surface area contributed by atoms with Crippen molar-refractivity contribution in [1.29, 1.82) is 0 Å². The van der Waals surface area contributed by atoms with Crippen LogP contribution in [0.15, 0.2) is 71.6 Å². The second-order valence-electron chi connectivity index (χ2n) is 6.69. The van der Waals surface area contributed by atoms with E-state index < -0.39 is 21.8 Å². The molecule has 0 atom stereocenters. The third-order valence-corrected chi connectivity index (χ3v) is 5.79. The lowest BCUT2D eigenvalue weighted by molar-refractivity contribution is 0.0842. The van der Waals surface area contributed by atoms with Gasteiger partial charge in [0.15, 0.2) is 0 Å². The number of methoxy groups -OCH3 is 1. The van der Waals surface area contributed by atoms with Crippen molar-refractivity contribution < 1.29 is 27.5 Å². The Morgan fingerprint density at radius 3 is 2.21 bits per heavy atom. The SMILES string of the molecule is COc1ccc(S(N)(=O)=O)cc1C(=O)NNC(=O)c1ccccc1OCc1ccccc1Cl. The number of ether oxygens (including phenoxy) is 2. The number of para-hydroxylation sites is 1. The number of nitrogens with two attached hydrogens (primary N) is 1. The van der Waals surface area contributed by atoms with Gasteiger partial charge in [-0.15, -0.1) is 0 Å². The molecule has 0 fully saturated rings. The van der Waals surface area contributed by atoms with Gasteiger partial charge in [0.2, 0.25) is 10.0 Å². The molecule has 0 bridgehead atoms. The van der Waals surface area contributed by atoms with Gasteiger partial charge < -0.3 is 9.47 Å². The van der Waals surface area contributed by atoms with Crippen LogP contribution in [0.5, 0.6) is 11.5 Å². The van der Waals surface area contributed by atoms with E-state index in [9.17, 15) is 18.0 Å². The Balaban J connectivity index is 1.73. The van der Waals surface area contributed by atoms with Crippen LogP contribution in [0.2, 0.25) is 5.02 Å². The van der Waals surface area contributed by atoms with E-state index >= 15 is 0 Å². The Hall–Kier alpha value is -3.60. The molecule has 0 saturated heterocycles. The van der Waals surface area contributed by atoms with Gasteiger partial charge in [0.1, 0.15) is 18.1 Å². The number of halogens is 1. The van der Waals surface area contributed by atoms with Crippen molar-refractivity contribution in [2.45, 2.75) is 11.5 Å². The molecule has 0 saturated carbocycles. The molecule has 0 aliphatic rings. The lowest BCUT2D eigenvalue weighted by Crippen LogP contribution is -2.42. The van der Waals surface area contributed by atoms with Gasteiger partial charge in [-0.3, -0.25) is 20.4 Å². The van der Waals surface area contributed by atoms with Crippen LogP contribution in [-0.4, -0.2) is 27.3 Å². The zero-order valence-electron chi connectivity index (χ0n) is 17.4. The standard InChI is InChI=1S/C22H20ClN3O6S/c1-31-19-11-10-15(33(24,29)30)12-17(19)22(28)26-25-21(27)16-7-3-5-9-20(16)32-13-14-6-2-4-8-18(14)23/h2-12H,13H2,1H3,(H,25,27)(H,26,28)(H2,24,29,30). The maximum Gasteiger partial charge on any atom is 0.273 e. The number of primary sulfonamides is 1. The largest absolute Gasteiger partial charge is 0.496 e. The summed E-state index contributed by atoms with van der Waals surface area (Å²) < 4.78 is 34.0. The first-order valence-electron chi connectivity index (χ1n) is 9.47. The van der Waals surface area contributed by atoms with Gasteiger partial charge in [0, 0.05) is 10.6 Å². The fourth-order valence-corrected chi connectivity index (χ4v) is 3.57. The number of benzene rings is 3. The Bertz CT molecular complexity index is 1300. The zero-order chi connectivity index (χ0) is 24.0. The normalized spacial score (nSPS) is 10.9. The summed E-state index contributed by atoms with van der Waals surface area (Å²) in [4.78, 5) is 25.0. The molecule has 9 nitrogen and oxygen atoms in total. The topological polar surface area (TPSA) is 137 Å². The molecule has 3 aromatic carbocycles. The van der Waals surface area contributed by atoms with E-state index in [-0.39, 0.29) is 34.1 Å². The fourth-order valence-electron chi connectivity index (χ4n) is 2.84. The van der Waals surface area contributed by atoms with E-state index in [1.54, 1.807) is 36.4 Å². The number of carbonyl (C=O) groups is 2. The minimum atomic E-state index is -4.04. The Morgan fingerprint density at radius 1 is 0.909 bits per heavy atom. The van der Waals surface area contributed by atoms with Crippen molar-refractivity contribution >= 4 is 33.4 Å². The van der Waals surface area contributed by atoms with E-state index in [1.165, 1.54) is 25.3 Å². The number of hydrogen-bond acceptors (Lipinski definition) is 6. The quantitative estimate of drug-likeness (QED) is 0.436. The van der Waals surface area contributed by atoms with Gasteiger partial charge in [0.25, 0.3) is 11.8 Å². The molecule has 3 rings (SSSR count). The van der Waals surface area contributed by atoms with Crippen LogP contribution in [0.3, 0.4) is 0 Å². The van der Waals surface area contributed by atoms with Crippen LogP contribution in [0, 0.1) is 0 Å². The number of sulfonamides is 1. The van der Waals surface area contributed by atoms with Crippen molar-refractivity contribution in [3.8, 4) is 11.5 Å². The second-order valence-corrected chi connectivity index (χ2v) is 8.66. The molecule has 0 radical (unpaired) electrons. The van der Waals surface area contributed by atoms with Crippen molar-refractivity contribution in [3.05, 3.63) is 88.4 Å². The molecule has 33 heavy (non-hydrogen) atoms. The molecule has 0 spiro atoms. The molecule has 3 aromatic rings. The van der Waals surface area contributed by atoms with Gasteiger partial charge in [-0.2, -0.15) is 0 Å². The summed E-state index contributed by atoms with van der Waals surface area (Å²) >= 11 is 6.14. The zero-order valence-corrected chi connectivity index (χ0v) is 18.9. The molecule has 172 valence electrons. The van der Waals surface area contributed by atoms with Gasteiger partial charge in [0.05, 0.1) is 23.1 Å². The average Bonchev–Trinajstić information content (AvgIpc) is 2.81. The highest BCUT2D eigenvalue weighted by Gasteiger charge is 2.19. The van der Waals surface area contributed by atoms with Crippen LogP contribution in [-0.2, 0) is 16.6 Å². The molecule has 0 aliphatic heterocycles. The minimum Gasteiger partial charge on any atom is -0.496 e. The number of amides is 2. The Morgan fingerprint density at radius 2 is 1.55 bits per heavy atom. The third kappa shape index (κ3) is 6.01. The monoisotopic (exact) mass is 489 g/mol. The van der Waals surface area contributed by atoms with E-state index in [0.29, 0.717) is 5.02 Å². The first kappa shape index (κ1) is 24.1. The van der Waals surface area contributed by atoms with Crippen molar-refractivity contribution in [3.63, 3.8) is 0 Å². The van der Waals surface area contributed by atoms with Gasteiger partial charge in [-0.25, -0.2) is 13.6 Å². The molecule has 11 heteroatoms. The first-order chi connectivity index (χ1) is 15.7. The number of carbonyl (C=O) groups excluding carboxylic acids is 2. The minimum absolute atomic E-state index is 0.0950. The lowest BCUT2D eigenvalue weighted by Gasteiger charge is -2.14. The van der Waals surface area contributed by atoms with Crippen molar-refractivity contribution in [1.82, 2.24) is 10.9 Å². The summed E-state index contributed by atoms with van der Waals surface area (Å²) in [6.07, 6.45) is 0. The second kappa shape index (κ2) is 10.3. The summed E-state index contributed by atoms with van der Waals surface area (Å²) in [5.74, 6) is -1.09. The average molecular weight is 490 g/mol. The molecular weight excluding hydrogens is 470 g/mol. The predicted molar refractivity (Wildman–Crippen MR) is 122 cm³/mol. The highest BCUT2D eigenvalue weighted by molar-refractivity contribution is 7.89. The van der Waals surface area contributed by atoms with E-state index in [0.717, 1.165) is 11.6 Å². The van der Waals surface area contributed by atoms with Crippen molar-refractivity contribution in [2.24, 2.45) is 5.14 Å². The predicted octanol–water partition coefficient (Wildman–Crippen LogP) is 2.65. The Labute approximate surface area is 195 Å².